The van der Waals surface area contributed by atoms with E-state index >= 15 is 0 Å². The summed E-state index contributed by atoms with van der Waals surface area (Å²) in [4.78, 5) is 25.2. The largest absolute Gasteiger partial charge is 0.422 e. The van der Waals surface area contributed by atoms with Crippen LogP contribution in [0.1, 0.15) is 37.4 Å². The van der Waals surface area contributed by atoms with Gasteiger partial charge < -0.3 is 4.74 Å². The molecule has 5 heteroatoms. The maximum absolute atomic E-state index is 12.7. The average molecular weight is 422 g/mol. The molecule has 158 valence electrons. The Bertz CT molecular complexity index is 1340. The zero-order valence-corrected chi connectivity index (χ0v) is 17.8. The Hall–Kier alpha value is -4.25. The van der Waals surface area contributed by atoms with Gasteiger partial charge >= 0.3 is 5.97 Å². The van der Waals surface area contributed by atoms with Crippen LogP contribution >= 0.6 is 0 Å². The number of aryl methyl sites for hydroxylation is 2. The summed E-state index contributed by atoms with van der Waals surface area (Å²) in [6.45, 7) is 3.79. The maximum atomic E-state index is 12.7. The fourth-order valence-electron chi connectivity index (χ4n) is 3.47. The van der Waals surface area contributed by atoms with Crippen LogP contribution in [-0.2, 0) is 0 Å². The predicted molar refractivity (Wildman–Crippen MR) is 126 cm³/mol. The van der Waals surface area contributed by atoms with Gasteiger partial charge in [0.15, 0.2) is 0 Å². The molecule has 4 rings (SSSR count). The SMILES string of the molecule is Cc1cccc(C(=O)Oc2ccc3ccccc3c2/C=N/NC(=O)c2ccccc2C)c1. The number of rotatable bonds is 5. The second kappa shape index (κ2) is 9.27. The van der Waals surface area contributed by atoms with Gasteiger partial charge in [0.2, 0.25) is 0 Å². The van der Waals surface area contributed by atoms with Gasteiger partial charge in [-0.1, -0.05) is 66.2 Å². The second-order valence-corrected chi connectivity index (χ2v) is 7.47. The summed E-state index contributed by atoms with van der Waals surface area (Å²) in [6.07, 6.45) is 1.51. The first kappa shape index (κ1) is 21.0. The van der Waals surface area contributed by atoms with Gasteiger partial charge in [-0.3, -0.25) is 4.79 Å². The molecule has 0 saturated heterocycles. The smallest absolute Gasteiger partial charge is 0.343 e. The number of hydrogen-bond acceptors (Lipinski definition) is 4. The Kier molecular flexibility index (Phi) is 6.08. The van der Waals surface area contributed by atoms with Gasteiger partial charge in [0.05, 0.1) is 11.8 Å². The minimum Gasteiger partial charge on any atom is -0.422 e. The van der Waals surface area contributed by atoms with E-state index in [1.54, 1.807) is 30.3 Å². The molecule has 0 atom stereocenters. The van der Waals surface area contributed by atoms with Crippen LogP contribution in [0.3, 0.4) is 0 Å². The molecule has 4 aromatic carbocycles. The normalized spacial score (nSPS) is 10.9. The first-order valence-corrected chi connectivity index (χ1v) is 10.2. The molecule has 1 N–H and O–H groups in total. The van der Waals surface area contributed by atoms with E-state index in [4.69, 9.17) is 4.74 Å². The molecular formula is C27H22N2O3. The zero-order chi connectivity index (χ0) is 22.5. The third kappa shape index (κ3) is 4.57. The van der Waals surface area contributed by atoms with E-state index in [2.05, 4.69) is 10.5 Å². The van der Waals surface area contributed by atoms with Crippen LogP contribution < -0.4 is 10.2 Å². The molecule has 0 radical (unpaired) electrons. The highest BCUT2D eigenvalue weighted by atomic mass is 16.5. The lowest BCUT2D eigenvalue weighted by molar-refractivity contribution is 0.0734. The third-order valence-electron chi connectivity index (χ3n) is 5.14. The predicted octanol–water partition coefficient (Wildman–Crippen LogP) is 5.44. The molecule has 0 aliphatic heterocycles. The van der Waals surface area contributed by atoms with Gasteiger partial charge in [0.1, 0.15) is 5.75 Å². The van der Waals surface area contributed by atoms with Crippen molar-refractivity contribution in [3.8, 4) is 5.75 Å². The molecule has 0 heterocycles. The van der Waals surface area contributed by atoms with Gasteiger partial charge in [-0.15, -0.1) is 0 Å². The molecular weight excluding hydrogens is 400 g/mol. The minimum atomic E-state index is -0.456. The first-order chi connectivity index (χ1) is 15.5. The van der Waals surface area contributed by atoms with Crippen LogP contribution in [0.25, 0.3) is 10.8 Å². The number of hydrazone groups is 1. The lowest BCUT2D eigenvalue weighted by Crippen LogP contribution is -2.18. The monoisotopic (exact) mass is 422 g/mol. The van der Waals surface area contributed by atoms with Gasteiger partial charge in [-0.25, -0.2) is 10.2 Å². The number of hydrogen-bond donors (Lipinski definition) is 1. The first-order valence-electron chi connectivity index (χ1n) is 10.2. The van der Waals surface area contributed by atoms with Crippen molar-refractivity contribution in [2.45, 2.75) is 13.8 Å². The van der Waals surface area contributed by atoms with Crippen LogP contribution in [0, 0.1) is 13.8 Å². The number of carbonyl (C=O) groups is 2. The second-order valence-electron chi connectivity index (χ2n) is 7.47. The van der Waals surface area contributed by atoms with Gasteiger partial charge in [0.25, 0.3) is 5.91 Å². The van der Waals surface area contributed by atoms with E-state index in [9.17, 15) is 9.59 Å². The Labute approximate surface area is 186 Å². The molecule has 0 spiro atoms. The molecule has 32 heavy (non-hydrogen) atoms. The van der Waals surface area contributed by atoms with Crippen molar-refractivity contribution in [1.29, 1.82) is 0 Å². The highest BCUT2D eigenvalue weighted by molar-refractivity contribution is 6.04. The zero-order valence-electron chi connectivity index (χ0n) is 17.8. The van der Waals surface area contributed by atoms with E-state index in [1.165, 1.54) is 6.21 Å². The summed E-state index contributed by atoms with van der Waals surface area (Å²) in [5, 5.41) is 5.97. The molecule has 1 amide bonds. The summed E-state index contributed by atoms with van der Waals surface area (Å²) in [7, 11) is 0. The number of fused-ring (bicyclic) bond motifs is 1. The van der Waals surface area contributed by atoms with Crippen LogP contribution in [0.5, 0.6) is 5.75 Å². The standard InChI is InChI=1S/C27H22N2O3/c1-18-8-7-11-21(16-18)27(31)32-25-15-14-20-10-4-6-13-23(20)24(25)17-28-29-26(30)22-12-5-3-9-19(22)2/h3-17H,1-2H3,(H,29,30)/b28-17+. The quantitative estimate of drug-likeness (QED) is 0.202. The van der Waals surface area contributed by atoms with Crippen molar-refractivity contribution < 1.29 is 14.3 Å². The van der Waals surface area contributed by atoms with E-state index < -0.39 is 5.97 Å². The van der Waals surface area contributed by atoms with Gasteiger partial charge in [-0.2, -0.15) is 5.10 Å². The average Bonchev–Trinajstić information content (AvgIpc) is 2.80. The van der Waals surface area contributed by atoms with Crippen molar-refractivity contribution in [2.75, 3.05) is 0 Å². The Morgan fingerprint density at radius 2 is 1.66 bits per heavy atom. The highest BCUT2D eigenvalue weighted by Gasteiger charge is 2.14. The molecule has 0 saturated carbocycles. The van der Waals surface area contributed by atoms with Crippen LogP contribution in [-0.4, -0.2) is 18.1 Å². The van der Waals surface area contributed by atoms with Crippen LogP contribution in [0.15, 0.2) is 90.0 Å². The highest BCUT2D eigenvalue weighted by Crippen LogP contribution is 2.27. The number of nitrogens with one attached hydrogen (secondary N) is 1. The van der Waals surface area contributed by atoms with E-state index in [0.29, 0.717) is 22.4 Å². The number of nitrogens with zero attached hydrogens (tertiary/aromatic N) is 1. The topological polar surface area (TPSA) is 67.8 Å². The minimum absolute atomic E-state index is 0.308. The number of benzene rings is 4. The van der Waals surface area contributed by atoms with Crippen molar-refractivity contribution >= 4 is 28.9 Å². The van der Waals surface area contributed by atoms with E-state index in [-0.39, 0.29) is 5.91 Å². The lowest BCUT2D eigenvalue weighted by Gasteiger charge is -2.11. The summed E-state index contributed by atoms with van der Waals surface area (Å²) in [6, 6.07) is 25.9. The van der Waals surface area contributed by atoms with E-state index in [1.807, 2.05) is 68.4 Å². The molecule has 0 bridgehead atoms. The molecule has 0 fully saturated rings. The van der Waals surface area contributed by atoms with Crippen molar-refractivity contribution in [1.82, 2.24) is 5.43 Å². The van der Waals surface area contributed by atoms with Gasteiger partial charge in [0, 0.05) is 11.1 Å². The van der Waals surface area contributed by atoms with E-state index in [0.717, 1.165) is 21.9 Å². The summed E-state index contributed by atoms with van der Waals surface area (Å²) >= 11 is 0. The fourth-order valence-corrected chi connectivity index (χ4v) is 3.47. The Morgan fingerprint density at radius 3 is 2.47 bits per heavy atom. The summed E-state index contributed by atoms with van der Waals surface area (Å²) in [5.41, 5.74) is 6.02. The third-order valence-corrected chi connectivity index (χ3v) is 5.14. The molecule has 0 aliphatic rings. The van der Waals surface area contributed by atoms with Crippen molar-refractivity contribution in [3.63, 3.8) is 0 Å². The number of esters is 1. The summed E-state index contributed by atoms with van der Waals surface area (Å²) < 4.78 is 5.71. The Balaban J connectivity index is 1.64. The van der Waals surface area contributed by atoms with Gasteiger partial charge in [-0.05, 0) is 54.4 Å². The number of amides is 1. The number of ether oxygens (including phenoxy) is 1. The Morgan fingerprint density at radius 1 is 0.875 bits per heavy atom. The molecule has 4 aromatic rings. The molecule has 0 aliphatic carbocycles. The lowest BCUT2D eigenvalue weighted by atomic mass is 10.0. The molecule has 0 aromatic heterocycles. The van der Waals surface area contributed by atoms with Crippen molar-refractivity contribution in [3.05, 3.63) is 113 Å². The molecule has 0 unspecified atom stereocenters. The summed E-state index contributed by atoms with van der Waals surface area (Å²) in [5.74, 6) is -0.399. The maximum Gasteiger partial charge on any atom is 0.343 e. The molecule has 5 nitrogen and oxygen atoms in total. The fraction of sp³-hybridized carbons (Fsp3) is 0.0741. The van der Waals surface area contributed by atoms with Crippen LogP contribution in [0.2, 0.25) is 0 Å². The number of carbonyl (C=O) groups excluding carboxylic acids is 2. The van der Waals surface area contributed by atoms with Crippen LogP contribution in [0.4, 0.5) is 0 Å². The van der Waals surface area contributed by atoms with Crippen molar-refractivity contribution in [2.24, 2.45) is 5.10 Å².